The van der Waals surface area contributed by atoms with Crippen molar-refractivity contribution < 1.29 is 18.5 Å². The molecule has 0 saturated carbocycles. The van der Waals surface area contributed by atoms with Gasteiger partial charge in [-0.05, 0) is 19.9 Å². The summed E-state index contributed by atoms with van der Waals surface area (Å²) in [5.74, 6) is 0. The number of nitrogens with one attached hydrogen (secondary N) is 1. The summed E-state index contributed by atoms with van der Waals surface area (Å²) in [6, 6.07) is 2.57. The fourth-order valence-electron chi connectivity index (χ4n) is 3.06. The topological polar surface area (TPSA) is 151 Å². The summed E-state index contributed by atoms with van der Waals surface area (Å²) in [5, 5.41) is 11.6. The molecule has 0 unspecified atom stereocenters. The Morgan fingerprint density at radius 2 is 1.93 bits per heavy atom. The Hall–Kier alpha value is -3.08. The fourth-order valence-corrected chi connectivity index (χ4v) is 4.62. The van der Waals surface area contributed by atoms with Gasteiger partial charge in [-0.2, -0.15) is 0 Å². The van der Waals surface area contributed by atoms with Crippen molar-refractivity contribution in [2.45, 2.75) is 20.4 Å². The third-order valence-corrected chi connectivity index (χ3v) is 6.35. The average Bonchev–Trinajstić information content (AvgIpc) is 3.22. The van der Waals surface area contributed by atoms with Crippen LogP contribution in [-0.2, 0) is 20.2 Å². The molecule has 0 fully saturated rings. The second-order valence-corrected chi connectivity index (χ2v) is 8.35. The summed E-state index contributed by atoms with van der Waals surface area (Å²) in [6.45, 7) is 3.41. The van der Waals surface area contributed by atoms with Gasteiger partial charge in [0, 0.05) is 25.0 Å². The maximum absolute atomic E-state index is 12.7. The number of H-pyrrole nitrogens is 1. The van der Waals surface area contributed by atoms with Crippen molar-refractivity contribution in [2.24, 2.45) is 0 Å². The van der Waals surface area contributed by atoms with Gasteiger partial charge in [-0.25, -0.2) is 4.98 Å². The van der Waals surface area contributed by atoms with Crippen molar-refractivity contribution >= 4 is 24.3 Å². The molecule has 160 valence electrons. The third kappa shape index (κ3) is 4.25. The van der Waals surface area contributed by atoms with E-state index in [0.29, 0.717) is 0 Å². The number of benzene rings is 1. The number of rotatable bonds is 9. The smallest absolute Gasteiger partial charge is 0.316 e. The summed E-state index contributed by atoms with van der Waals surface area (Å²) in [6.07, 6.45) is 4.17. The second-order valence-electron chi connectivity index (χ2n) is 6.17. The largest absolute Gasteiger partial charge is 0.332 e. The van der Waals surface area contributed by atoms with E-state index >= 15 is 0 Å². The van der Waals surface area contributed by atoms with Gasteiger partial charge in [0.05, 0.1) is 41.7 Å². The number of aromatic nitrogens is 4. The molecule has 3 aromatic rings. The first kappa shape index (κ1) is 21.6. The van der Waals surface area contributed by atoms with Crippen molar-refractivity contribution in [1.82, 2.24) is 19.1 Å². The van der Waals surface area contributed by atoms with Crippen molar-refractivity contribution in [1.29, 1.82) is 0 Å². The predicted molar refractivity (Wildman–Crippen MR) is 108 cm³/mol. The van der Waals surface area contributed by atoms with Crippen LogP contribution in [-0.4, -0.2) is 43.4 Å². The number of fused-ring (bicyclic) bond motifs is 1. The highest BCUT2D eigenvalue weighted by Crippen LogP contribution is 2.48. The second kappa shape index (κ2) is 8.74. The van der Waals surface area contributed by atoms with Gasteiger partial charge in [-0.1, -0.05) is 0 Å². The summed E-state index contributed by atoms with van der Waals surface area (Å²) in [4.78, 5) is 42.0. The van der Waals surface area contributed by atoms with Crippen LogP contribution in [0.15, 0.2) is 40.4 Å². The van der Waals surface area contributed by atoms with Crippen molar-refractivity contribution in [3.8, 4) is 5.69 Å². The van der Waals surface area contributed by atoms with Crippen LogP contribution in [0, 0.1) is 10.1 Å². The molecule has 0 bridgehead atoms. The quantitative estimate of drug-likeness (QED) is 0.231. The minimum Gasteiger partial charge on any atom is -0.316 e. The number of nitro groups is 1. The SMILES string of the molecule is CCOP(=O)(CCn1c(=O)c(=O)[nH]c2cc(-n3ccnc3)c([N+](=O)[O-])cc21)OCC. The normalized spacial score (nSPS) is 11.8. The van der Waals surface area contributed by atoms with Crippen LogP contribution in [0.4, 0.5) is 5.69 Å². The maximum atomic E-state index is 12.7. The van der Waals surface area contributed by atoms with Gasteiger partial charge in [0.25, 0.3) is 5.69 Å². The van der Waals surface area contributed by atoms with Crippen LogP contribution in [0.25, 0.3) is 16.7 Å². The maximum Gasteiger partial charge on any atom is 0.332 e. The molecule has 2 aromatic heterocycles. The molecule has 0 amide bonds. The van der Waals surface area contributed by atoms with Gasteiger partial charge >= 0.3 is 18.7 Å². The van der Waals surface area contributed by atoms with Crippen molar-refractivity contribution in [3.63, 3.8) is 0 Å². The van der Waals surface area contributed by atoms with E-state index in [9.17, 15) is 24.3 Å². The zero-order chi connectivity index (χ0) is 21.9. The van der Waals surface area contributed by atoms with E-state index in [4.69, 9.17) is 9.05 Å². The van der Waals surface area contributed by atoms with E-state index in [1.165, 1.54) is 35.4 Å². The van der Waals surface area contributed by atoms with E-state index in [1.54, 1.807) is 13.8 Å². The number of aromatic amines is 1. The Balaban J connectivity index is 2.17. The van der Waals surface area contributed by atoms with Gasteiger partial charge in [0.15, 0.2) is 0 Å². The molecule has 30 heavy (non-hydrogen) atoms. The fraction of sp³-hybridized carbons (Fsp3) is 0.353. The summed E-state index contributed by atoms with van der Waals surface area (Å²) in [5.41, 5.74) is -1.63. The molecule has 1 aromatic carbocycles. The molecular weight excluding hydrogens is 417 g/mol. The first-order valence-electron chi connectivity index (χ1n) is 9.11. The molecule has 0 aliphatic rings. The van der Waals surface area contributed by atoms with Crippen LogP contribution in [0.5, 0.6) is 0 Å². The Kier molecular flexibility index (Phi) is 6.30. The first-order valence-corrected chi connectivity index (χ1v) is 10.8. The molecule has 0 atom stereocenters. The average molecular weight is 437 g/mol. The van der Waals surface area contributed by atoms with Gasteiger partial charge < -0.3 is 23.2 Å². The molecule has 0 radical (unpaired) electrons. The monoisotopic (exact) mass is 437 g/mol. The van der Waals surface area contributed by atoms with E-state index in [1.807, 2.05) is 0 Å². The Labute approximate surface area is 169 Å². The van der Waals surface area contributed by atoms with Gasteiger partial charge in [0.1, 0.15) is 5.69 Å². The molecule has 1 N–H and O–H groups in total. The molecule has 0 aliphatic heterocycles. The van der Waals surface area contributed by atoms with E-state index in [2.05, 4.69) is 9.97 Å². The Morgan fingerprint density at radius 3 is 2.50 bits per heavy atom. The molecular formula is C17H20N5O7P. The minimum absolute atomic E-state index is 0.120. The number of hydrogen-bond acceptors (Lipinski definition) is 8. The Morgan fingerprint density at radius 1 is 1.23 bits per heavy atom. The van der Waals surface area contributed by atoms with Crippen molar-refractivity contribution in [2.75, 3.05) is 19.4 Å². The molecule has 0 saturated heterocycles. The van der Waals surface area contributed by atoms with E-state index in [-0.39, 0.29) is 48.3 Å². The number of aryl methyl sites for hydroxylation is 1. The van der Waals surface area contributed by atoms with Gasteiger partial charge in [0.2, 0.25) is 0 Å². The van der Waals surface area contributed by atoms with Crippen LogP contribution in [0.2, 0.25) is 0 Å². The molecule has 0 aliphatic carbocycles. The molecule has 0 spiro atoms. The van der Waals surface area contributed by atoms with Crippen LogP contribution < -0.4 is 11.1 Å². The highest BCUT2D eigenvalue weighted by molar-refractivity contribution is 7.53. The molecule has 2 heterocycles. The number of nitrogens with zero attached hydrogens (tertiary/aromatic N) is 4. The Bertz CT molecular complexity index is 1220. The van der Waals surface area contributed by atoms with E-state index < -0.39 is 23.6 Å². The van der Waals surface area contributed by atoms with Crippen LogP contribution >= 0.6 is 7.60 Å². The lowest BCUT2D eigenvalue weighted by Gasteiger charge is -2.18. The molecule has 3 rings (SSSR count). The van der Waals surface area contributed by atoms with Crippen LogP contribution in [0.1, 0.15) is 13.8 Å². The lowest BCUT2D eigenvalue weighted by atomic mass is 10.2. The predicted octanol–water partition coefficient (Wildman–Crippen LogP) is 2.05. The molecule has 12 nitrogen and oxygen atoms in total. The standard InChI is InChI=1S/C17H20N5O7P/c1-3-28-30(27,29-4-2)8-7-21-13-10-15(22(25)26)14(20-6-5-18-11-20)9-12(13)19-16(23)17(21)24/h5-6,9-11H,3-4,7-8H2,1-2H3,(H,19,23). The van der Waals surface area contributed by atoms with Gasteiger partial charge in [-0.15, -0.1) is 0 Å². The number of nitro benzene ring substituents is 1. The lowest BCUT2D eigenvalue weighted by molar-refractivity contribution is -0.384. The highest BCUT2D eigenvalue weighted by Gasteiger charge is 2.25. The first-order chi connectivity index (χ1) is 14.3. The lowest BCUT2D eigenvalue weighted by Crippen LogP contribution is -2.37. The minimum atomic E-state index is -3.50. The molecule has 13 heteroatoms. The number of hydrogen-bond donors (Lipinski definition) is 1. The third-order valence-electron chi connectivity index (χ3n) is 4.30. The zero-order valence-electron chi connectivity index (χ0n) is 16.3. The summed E-state index contributed by atoms with van der Waals surface area (Å²) < 4.78 is 25.6. The highest BCUT2D eigenvalue weighted by atomic mass is 31.2. The zero-order valence-corrected chi connectivity index (χ0v) is 17.2. The van der Waals surface area contributed by atoms with E-state index in [0.717, 1.165) is 4.57 Å². The summed E-state index contributed by atoms with van der Waals surface area (Å²) >= 11 is 0. The summed E-state index contributed by atoms with van der Waals surface area (Å²) in [7, 11) is -3.50. The number of imidazole rings is 1. The van der Waals surface area contributed by atoms with Crippen LogP contribution in [0.3, 0.4) is 0 Å². The van der Waals surface area contributed by atoms with Crippen molar-refractivity contribution in [3.05, 3.63) is 61.7 Å². The van der Waals surface area contributed by atoms with Gasteiger partial charge in [-0.3, -0.25) is 24.3 Å².